The van der Waals surface area contributed by atoms with Crippen molar-refractivity contribution < 1.29 is 44.7 Å². The number of quaternary nitrogens is 1. The van der Waals surface area contributed by atoms with Crippen molar-refractivity contribution in [2.24, 2.45) is 17.4 Å². The molecule has 1 unspecified atom stereocenters. The fourth-order valence-corrected chi connectivity index (χ4v) is 0.966. The van der Waals surface area contributed by atoms with Gasteiger partial charge in [0.1, 0.15) is 18.7 Å². The van der Waals surface area contributed by atoms with Crippen LogP contribution in [0.2, 0.25) is 0 Å². The van der Waals surface area contributed by atoms with Crippen LogP contribution in [0, 0.1) is 5.92 Å². The summed E-state index contributed by atoms with van der Waals surface area (Å²) in [5.41, 5.74) is 9.79. The number of likely N-dealkylation sites (N-methyl/N-ethyl adjacent to an activating group) is 1. The quantitative estimate of drug-likeness (QED) is 0.164. The number of carboxylic acids is 2. The van der Waals surface area contributed by atoms with Gasteiger partial charge in [-0.05, 0) is 19.3 Å². The molecule has 0 saturated carbocycles. The van der Waals surface area contributed by atoms with E-state index in [9.17, 15) is 9.59 Å². The van der Waals surface area contributed by atoms with Gasteiger partial charge in [-0.25, -0.2) is 0 Å². The Labute approximate surface area is 180 Å². The lowest BCUT2D eigenvalue weighted by Crippen LogP contribution is -2.36. The second-order valence-electron chi connectivity index (χ2n) is 7.34. The number of nitrogens with two attached hydrogens (primary N) is 2. The predicted molar refractivity (Wildman–Crippen MR) is 118 cm³/mol. The fraction of sp³-hybridized carbons (Fsp3) is 0.789. The van der Waals surface area contributed by atoms with Gasteiger partial charge >= 0.3 is 11.9 Å². The van der Waals surface area contributed by atoms with Crippen LogP contribution in [0.15, 0.2) is 12.7 Å². The molecule has 0 aliphatic carbocycles. The molecule has 0 aliphatic heterocycles. The number of rotatable bonds is 8. The van der Waals surface area contributed by atoms with E-state index in [0.29, 0.717) is 12.3 Å². The van der Waals surface area contributed by atoms with Crippen LogP contribution in [0.5, 0.6) is 0 Å². The molecule has 0 saturated heterocycles. The first kappa shape index (κ1) is 38.9. The molecule has 0 heterocycles. The number of aliphatic hydroxyl groups excluding tert-OH is 4. The minimum atomic E-state index is -0.968. The first-order chi connectivity index (χ1) is 13.6. The number of allylic oxidation sites excluding steroid dienone is 1. The SMILES string of the molecule is C=CC.CC(C)CC(N)C(=O)O.C[N+](C)(C)CCO.NCC(=O)O.OCC(O)CO. The van der Waals surface area contributed by atoms with Gasteiger partial charge in [0.05, 0.1) is 47.5 Å². The lowest BCUT2D eigenvalue weighted by atomic mass is 10.1. The van der Waals surface area contributed by atoms with Crippen LogP contribution in [-0.2, 0) is 9.59 Å². The van der Waals surface area contributed by atoms with Crippen molar-refractivity contribution in [3.63, 3.8) is 0 Å². The summed E-state index contributed by atoms with van der Waals surface area (Å²) in [7, 11) is 6.16. The maximum atomic E-state index is 10.1. The molecule has 0 rings (SSSR count). The third kappa shape index (κ3) is 63.3. The number of aliphatic hydroxyl groups is 4. The van der Waals surface area contributed by atoms with Gasteiger partial charge in [0.25, 0.3) is 0 Å². The summed E-state index contributed by atoms with van der Waals surface area (Å²) in [6.45, 7) is 9.25. The van der Waals surface area contributed by atoms with Gasteiger partial charge in [0.15, 0.2) is 0 Å². The van der Waals surface area contributed by atoms with E-state index >= 15 is 0 Å². The van der Waals surface area contributed by atoms with Crippen molar-refractivity contribution in [3.8, 4) is 0 Å². The Bertz CT molecular complexity index is 384. The molecule has 0 spiro atoms. The summed E-state index contributed by atoms with van der Waals surface area (Å²) in [5.74, 6) is -1.52. The van der Waals surface area contributed by atoms with Crippen molar-refractivity contribution in [1.82, 2.24) is 0 Å². The summed E-state index contributed by atoms with van der Waals surface area (Å²) in [5, 5.41) is 48.3. The van der Waals surface area contributed by atoms with E-state index in [1.54, 1.807) is 6.08 Å². The van der Waals surface area contributed by atoms with E-state index in [2.05, 4.69) is 33.5 Å². The summed E-state index contributed by atoms with van der Waals surface area (Å²) in [6.07, 6.45) is 1.35. The molecule has 0 radical (unpaired) electrons. The number of hydrogen-bond donors (Lipinski definition) is 8. The highest BCUT2D eigenvalue weighted by Gasteiger charge is 2.11. The average molecular weight is 445 g/mol. The second kappa shape index (κ2) is 27.4. The van der Waals surface area contributed by atoms with Crippen molar-refractivity contribution in [1.29, 1.82) is 0 Å². The lowest BCUT2D eigenvalue weighted by Gasteiger charge is -2.21. The van der Waals surface area contributed by atoms with Crippen molar-refractivity contribution in [3.05, 3.63) is 12.7 Å². The molecule has 1 atom stereocenters. The molecule has 0 aromatic rings. The first-order valence-corrected chi connectivity index (χ1v) is 9.38. The number of aliphatic carboxylic acids is 2. The van der Waals surface area contributed by atoms with Crippen LogP contribution in [0.1, 0.15) is 27.2 Å². The minimum absolute atomic E-state index is 0.278. The number of nitrogens with zero attached hydrogens (tertiary/aromatic N) is 1. The summed E-state index contributed by atoms with van der Waals surface area (Å²) in [4.78, 5) is 19.4. The topological polar surface area (TPSA) is 208 Å². The Morgan fingerprint density at radius 1 is 1.07 bits per heavy atom. The Morgan fingerprint density at radius 2 is 1.40 bits per heavy atom. The van der Waals surface area contributed by atoms with E-state index in [-0.39, 0.29) is 26.4 Å². The molecular formula is C19H46N3O8+. The smallest absolute Gasteiger partial charge is 0.320 e. The Morgan fingerprint density at radius 3 is 1.43 bits per heavy atom. The second-order valence-corrected chi connectivity index (χ2v) is 7.34. The van der Waals surface area contributed by atoms with Crippen LogP contribution >= 0.6 is 0 Å². The van der Waals surface area contributed by atoms with Gasteiger partial charge in [-0.15, -0.1) is 6.58 Å². The molecule has 10 N–H and O–H groups in total. The summed E-state index contributed by atoms with van der Waals surface area (Å²) in [6, 6.07) is -0.690. The maximum absolute atomic E-state index is 10.1. The Balaban J connectivity index is -0.0000000904. The number of carbonyl (C=O) groups is 2. The molecule has 0 aromatic heterocycles. The van der Waals surface area contributed by atoms with Gasteiger partial charge in [-0.2, -0.15) is 0 Å². The molecule has 0 bridgehead atoms. The molecule has 30 heavy (non-hydrogen) atoms. The van der Waals surface area contributed by atoms with Crippen LogP contribution in [-0.4, -0.2) is 113 Å². The summed E-state index contributed by atoms with van der Waals surface area (Å²) < 4.78 is 0.844. The van der Waals surface area contributed by atoms with E-state index < -0.39 is 24.1 Å². The van der Waals surface area contributed by atoms with Crippen LogP contribution in [0.3, 0.4) is 0 Å². The summed E-state index contributed by atoms with van der Waals surface area (Å²) >= 11 is 0. The fourth-order valence-electron chi connectivity index (χ4n) is 0.966. The zero-order valence-electron chi connectivity index (χ0n) is 19.4. The molecule has 0 aliphatic rings. The molecular weight excluding hydrogens is 398 g/mol. The van der Waals surface area contributed by atoms with Gasteiger partial charge in [-0.1, -0.05) is 19.9 Å². The standard InChI is InChI=1S/C6H13NO2.C5H14NO.C3H8O3.C3H6.C2H5NO2/c1-4(2)3-5(7)6(8)9;1-6(2,3)4-5-7;4-1-3(6)2-5;1-3-2;3-1-2(4)5/h4-5H,3,7H2,1-2H3,(H,8,9);7H,4-5H2,1-3H3;3-6H,1-2H2;3H,1H2,2H3;1,3H2,(H,4,5)/q;+1;;;. The van der Waals surface area contributed by atoms with Gasteiger partial charge in [0, 0.05) is 0 Å². The highest BCUT2D eigenvalue weighted by Crippen LogP contribution is 2.01. The van der Waals surface area contributed by atoms with Crippen LogP contribution < -0.4 is 11.5 Å². The normalized spacial score (nSPS) is 10.6. The van der Waals surface area contributed by atoms with Crippen LogP contribution in [0.4, 0.5) is 0 Å². The first-order valence-electron chi connectivity index (χ1n) is 9.38. The minimum Gasteiger partial charge on any atom is -0.480 e. The van der Waals surface area contributed by atoms with E-state index in [4.69, 9.17) is 36.4 Å². The van der Waals surface area contributed by atoms with Crippen molar-refractivity contribution in [2.75, 3.05) is 54.1 Å². The molecule has 0 amide bonds. The van der Waals surface area contributed by atoms with E-state index in [0.717, 1.165) is 11.0 Å². The monoisotopic (exact) mass is 444 g/mol. The number of carboxylic acid groups (broad SMARTS) is 2. The number of hydrogen-bond acceptors (Lipinski definition) is 8. The zero-order valence-corrected chi connectivity index (χ0v) is 19.4. The third-order valence-corrected chi connectivity index (χ3v) is 2.41. The van der Waals surface area contributed by atoms with E-state index in [1.807, 2.05) is 20.8 Å². The lowest BCUT2D eigenvalue weighted by molar-refractivity contribution is -0.870. The maximum Gasteiger partial charge on any atom is 0.320 e. The van der Waals surface area contributed by atoms with Gasteiger partial charge in [-0.3, -0.25) is 9.59 Å². The van der Waals surface area contributed by atoms with E-state index in [1.165, 1.54) is 0 Å². The Kier molecular flexibility index (Phi) is 35.6. The average Bonchev–Trinajstić information content (AvgIpc) is 2.61. The van der Waals surface area contributed by atoms with Crippen molar-refractivity contribution in [2.45, 2.75) is 39.3 Å². The van der Waals surface area contributed by atoms with Gasteiger partial charge < -0.3 is 46.6 Å². The molecule has 184 valence electrons. The predicted octanol–water partition coefficient (Wildman–Crippen LogP) is -1.32. The zero-order chi connectivity index (χ0) is 25.3. The molecule has 11 heteroatoms. The third-order valence-electron chi connectivity index (χ3n) is 2.41. The molecule has 0 fully saturated rings. The van der Waals surface area contributed by atoms with Gasteiger partial charge in [0.2, 0.25) is 0 Å². The highest BCUT2D eigenvalue weighted by atomic mass is 16.4. The largest absolute Gasteiger partial charge is 0.480 e. The van der Waals surface area contributed by atoms with Crippen LogP contribution in [0.25, 0.3) is 0 Å². The highest BCUT2D eigenvalue weighted by molar-refractivity contribution is 5.72. The molecule has 11 nitrogen and oxygen atoms in total. The molecule has 0 aromatic carbocycles. The Hall–Kier alpha value is -1.60. The van der Waals surface area contributed by atoms with Crippen molar-refractivity contribution >= 4 is 11.9 Å².